The number of piperazine rings is 1. The fourth-order valence-corrected chi connectivity index (χ4v) is 4.78. The smallest absolute Gasteiger partial charge is 0.254 e. The number of likely N-dealkylation sites (tertiary alicyclic amines) is 1. The molecule has 3 heterocycles. The molecule has 2 aliphatic rings. The Bertz CT molecular complexity index is 1110. The monoisotopic (exact) mass is 416 g/mol. The van der Waals surface area contributed by atoms with Gasteiger partial charge in [0, 0.05) is 49.5 Å². The molecule has 3 aromatic rings. The fourth-order valence-electron chi connectivity index (χ4n) is 4.78. The molecule has 2 aliphatic heterocycles. The molecule has 2 aromatic carbocycles. The summed E-state index contributed by atoms with van der Waals surface area (Å²) in [5, 5.41) is 20.0. The molecule has 0 saturated carbocycles. The number of fused-ring (bicyclic) bond motifs is 3. The van der Waals surface area contributed by atoms with Gasteiger partial charge in [0.25, 0.3) is 5.91 Å². The van der Waals surface area contributed by atoms with E-state index in [9.17, 15) is 4.79 Å². The summed E-state index contributed by atoms with van der Waals surface area (Å²) in [5.41, 5.74) is 3.63. The Labute approximate surface area is 180 Å². The zero-order valence-electron chi connectivity index (χ0n) is 17.2. The highest BCUT2D eigenvalue weighted by atomic mass is 16.6. The Morgan fingerprint density at radius 1 is 1.10 bits per heavy atom. The van der Waals surface area contributed by atoms with E-state index >= 15 is 0 Å². The van der Waals surface area contributed by atoms with Gasteiger partial charge in [0.05, 0.1) is 11.6 Å². The molecule has 8 heteroatoms. The number of nitriles is 1. The fraction of sp³-hybridized carbons (Fsp3) is 0.391. The summed E-state index contributed by atoms with van der Waals surface area (Å²) in [5.74, 6) is 0.0592. The van der Waals surface area contributed by atoms with Crippen molar-refractivity contribution in [3.63, 3.8) is 0 Å². The molecule has 2 atom stereocenters. The number of amides is 1. The van der Waals surface area contributed by atoms with E-state index in [2.05, 4.69) is 26.6 Å². The summed E-state index contributed by atoms with van der Waals surface area (Å²) >= 11 is 0. The molecule has 5 rings (SSSR count). The van der Waals surface area contributed by atoms with Gasteiger partial charge in [-0.05, 0) is 72.0 Å². The minimum atomic E-state index is 0.0592. The van der Waals surface area contributed by atoms with E-state index in [0.29, 0.717) is 34.2 Å². The molecule has 31 heavy (non-hydrogen) atoms. The van der Waals surface area contributed by atoms with E-state index in [1.54, 1.807) is 18.2 Å². The number of nitrogens with zero attached hydrogens (tertiary/aromatic N) is 5. The Morgan fingerprint density at radius 3 is 2.58 bits per heavy atom. The molecular formula is C23H24N6O2. The Hall–Kier alpha value is -3.44. The van der Waals surface area contributed by atoms with Crippen LogP contribution >= 0.6 is 0 Å². The first-order chi connectivity index (χ1) is 15.2. The van der Waals surface area contributed by atoms with Crippen molar-refractivity contribution >= 4 is 22.6 Å². The van der Waals surface area contributed by atoms with Crippen molar-refractivity contribution in [3.8, 4) is 6.07 Å². The lowest BCUT2D eigenvalue weighted by atomic mass is 10.1. The Balaban J connectivity index is 1.14. The molecule has 8 nitrogen and oxygen atoms in total. The van der Waals surface area contributed by atoms with Crippen LogP contribution in [0.25, 0.3) is 11.0 Å². The number of nitrogens with one attached hydrogen (secondary N) is 1. The van der Waals surface area contributed by atoms with Crippen molar-refractivity contribution in [1.82, 2.24) is 20.1 Å². The maximum Gasteiger partial charge on any atom is 0.254 e. The summed E-state index contributed by atoms with van der Waals surface area (Å²) in [6.45, 7) is 3.45. The summed E-state index contributed by atoms with van der Waals surface area (Å²) in [7, 11) is 0. The molecule has 1 aromatic heterocycles. The number of anilines is 1. The topological polar surface area (TPSA) is 98.3 Å². The average molecular weight is 416 g/mol. The highest BCUT2D eigenvalue weighted by Gasteiger charge is 2.41. The minimum absolute atomic E-state index is 0.0592. The van der Waals surface area contributed by atoms with Crippen LogP contribution in [0.3, 0.4) is 0 Å². The molecule has 158 valence electrons. The first-order valence-electron chi connectivity index (χ1n) is 10.7. The second-order valence-corrected chi connectivity index (χ2v) is 8.27. The third-order valence-corrected chi connectivity index (χ3v) is 6.36. The van der Waals surface area contributed by atoms with E-state index in [1.807, 2.05) is 29.2 Å². The van der Waals surface area contributed by atoms with Gasteiger partial charge < -0.3 is 10.2 Å². The van der Waals surface area contributed by atoms with Crippen molar-refractivity contribution < 1.29 is 9.42 Å². The highest BCUT2D eigenvalue weighted by Crippen LogP contribution is 2.31. The lowest BCUT2D eigenvalue weighted by Gasteiger charge is -2.41. The van der Waals surface area contributed by atoms with Crippen LogP contribution in [0.1, 0.15) is 35.2 Å². The molecule has 0 aliphatic carbocycles. The maximum atomic E-state index is 13.1. The SMILES string of the molecule is N#Cc1ccc(NCCCN2C3CCC2CN(C(=O)c2ccc4nonc4c2)C3)cc1. The van der Waals surface area contributed by atoms with Crippen LogP contribution in [-0.4, -0.2) is 64.3 Å². The molecule has 1 N–H and O–H groups in total. The van der Waals surface area contributed by atoms with Gasteiger partial charge in [0.2, 0.25) is 0 Å². The van der Waals surface area contributed by atoms with E-state index in [-0.39, 0.29) is 5.91 Å². The van der Waals surface area contributed by atoms with E-state index in [1.165, 1.54) is 0 Å². The second kappa shape index (κ2) is 8.36. The van der Waals surface area contributed by atoms with Gasteiger partial charge in [0.1, 0.15) is 11.0 Å². The number of rotatable bonds is 6. The summed E-state index contributed by atoms with van der Waals surface area (Å²) < 4.78 is 4.74. The van der Waals surface area contributed by atoms with E-state index < -0.39 is 0 Å². The number of carbonyl (C=O) groups excluding carboxylic acids is 1. The number of benzene rings is 2. The lowest BCUT2D eigenvalue weighted by Crippen LogP contribution is -2.55. The predicted molar refractivity (Wildman–Crippen MR) is 115 cm³/mol. The van der Waals surface area contributed by atoms with E-state index in [4.69, 9.17) is 9.89 Å². The van der Waals surface area contributed by atoms with Crippen LogP contribution in [0.15, 0.2) is 47.1 Å². The first kappa shape index (κ1) is 19.5. The average Bonchev–Trinajstić information content (AvgIpc) is 3.36. The van der Waals surface area contributed by atoms with Gasteiger partial charge >= 0.3 is 0 Å². The first-order valence-corrected chi connectivity index (χ1v) is 10.7. The van der Waals surface area contributed by atoms with Gasteiger partial charge in [-0.2, -0.15) is 5.26 Å². The van der Waals surface area contributed by atoms with Gasteiger partial charge in [-0.25, -0.2) is 4.63 Å². The number of hydrogen-bond donors (Lipinski definition) is 1. The highest BCUT2D eigenvalue weighted by molar-refractivity contribution is 5.97. The number of aromatic nitrogens is 2. The molecule has 2 fully saturated rings. The summed E-state index contributed by atoms with van der Waals surface area (Å²) in [6.07, 6.45) is 3.32. The molecule has 1 amide bonds. The van der Waals surface area contributed by atoms with Crippen molar-refractivity contribution in [3.05, 3.63) is 53.6 Å². The van der Waals surface area contributed by atoms with Crippen molar-refractivity contribution in [2.75, 3.05) is 31.5 Å². The second-order valence-electron chi connectivity index (χ2n) is 8.27. The van der Waals surface area contributed by atoms with E-state index in [0.717, 1.165) is 51.1 Å². The minimum Gasteiger partial charge on any atom is -0.385 e. The van der Waals surface area contributed by atoms with Gasteiger partial charge in [0.15, 0.2) is 0 Å². The zero-order chi connectivity index (χ0) is 21.2. The standard InChI is InChI=1S/C23H24N6O2/c24-13-16-2-5-18(6-3-16)25-10-1-11-29-19-7-8-20(29)15-28(14-19)23(30)17-4-9-21-22(12-17)27-31-26-21/h2-6,9,12,19-20,25H,1,7-8,10-11,14-15H2. The van der Waals surface area contributed by atoms with Crippen LogP contribution in [0.2, 0.25) is 0 Å². The molecule has 2 bridgehead atoms. The third-order valence-electron chi connectivity index (χ3n) is 6.36. The molecular weight excluding hydrogens is 392 g/mol. The number of carbonyl (C=O) groups is 1. The molecule has 0 radical (unpaired) electrons. The van der Waals surface area contributed by atoms with Crippen LogP contribution in [-0.2, 0) is 0 Å². The third kappa shape index (κ3) is 3.97. The largest absolute Gasteiger partial charge is 0.385 e. The van der Waals surface area contributed by atoms with Crippen molar-refractivity contribution in [1.29, 1.82) is 5.26 Å². The van der Waals surface area contributed by atoms with Gasteiger partial charge in [-0.3, -0.25) is 9.69 Å². The van der Waals surface area contributed by atoms with Crippen LogP contribution < -0.4 is 5.32 Å². The van der Waals surface area contributed by atoms with Crippen LogP contribution in [0.4, 0.5) is 5.69 Å². The van der Waals surface area contributed by atoms with Gasteiger partial charge in [-0.1, -0.05) is 0 Å². The maximum absolute atomic E-state index is 13.1. The molecule has 2 unspecified atom stereocenters. The normalized spacial score (nSPS) is 20.7. The summed E-state index contributed by atoms with van der Waals surface area (Å²) in [4.78, 5) is 17.6. The lowest BCUT2D eigenvalue weighted by molar-refractivity contribution is 0.0449. The van der Waals surface area contributed by atoms with Gasteiger partial charge in [-0.15, -0.1) is 0 Å². The molecule has 0 spiro atoms. The van der Waals surface area contributed by atoms with Crippen LogP contribution in [0.5, 0.6) is 0 Å². The Morgan fingerprint density at radius 2 is 1.84 bits per heavy atom. The van der Waals surface area contributed by atoms with Crippen molar-refractivity contribution in [2.24, 2.45) is 0 Å². The quantitative estimate of drug-likeness (QED) is 0.617. The Kier molecular flexibility index (Phi) is 5.26. The molecule has 2 saturated heterocycles. The van der Waals surface area contributed by atoms with Crippen molar-refractivity contribution in [2.45, 2.75) is 31.3 Å². The number of hydrogen-bond acceptors (Lipinski definition) is 7. The predicted octanol–water partition coefficient (Wildman–Crippen LogP) is 2.89. The zero-order valence-corrected chi connectivity index (χ0v) is 17.2. The summed E-state index contributed by atoms with van der Waals surface area (Å²) in [6, 6.07) is 15.9. The van der Waals surface area contributed by atoms with Crippen LogP contribution in [0, 0.1) is 11.3 Å².